The number of rotatable bonds is 5. The summed E-state index contributed by atoms with van der Waals surface area (Å²) in [6.45, 7) is 3.53. The quantitative estimate of drug-likeness (QED) is 0.680. The Bertz CT molecular complexity index is 587. The molecule has 5 N–H and O–H groups in total. The summed E-state index contributed by atoms with van der Waals surface area (Å²) in [5, 5.41) is 8.97. The molecule has 1 fully saturated rings. The molecule has 6 nitrogen and oxygen atoms in total. The van der Waals surface area contributed by atoms with E-state index in [1.165, 1.54) is 6.20 Å². The lowest BCUT2D eigenvalue weighted by molar-refractivity contribution is -0.121. The standard InChI is InChI=1S/C16H22ClN5O/c1-11(16(23)21-15-5-4-14(17)9-20-15)22-6-2-3-12(10-22)13(7-18)8-19/h4-5,7-9,11-12,18H,2-3,6,10,19H2,1H3,(H,20,21,23)/p+1/b13-8+,18-7?/t11-,12-/m0/s1. The molecule has 2 atom stereocenters. The van der Waals surface area contributed by atoms with Gasteiger partial charge in [-0.15, -0.1) is 0 Å². The van der Waals surface area contributed by atoms with Crippen LogP contribution in [0, 0.1) is 5.92 Å². The van der Waals surface area contributed by atoms with Crippen LogP contribution in [0.25, 0.3) is 0 Å². The highest BCUT2D eigenvalue weighted by atomic mass is 35.5. The summed E-state index contributed by atoms with van der Waals surface area (Å²) in [5.41, 5.74) is 6.55. The van der Waals surface area contributed by atoms with Crippen LogP contribution in [0.15, 0.2) is 30.1 Å². The third-order valence-electron chi connectivity index (χ3n) is 4.21. The van der Waals surface area contributed by atoms with Crippen molar-refractivity contribution in [3.8, 4) is 0 Å². The van der Waals surface area contributed by atoms with E-state index < -0.39 is 0 Å². The molecule has 0 radical (unpaired) electrons. The minimum Gasteiger partial charge on any atom is -0.404 e. The third-order valence-corrected chi connectivity index (χ3v) is 4.44. The van der Waals surface area contributed by atoms with E-state index in [-0.39, 0.29) is 17.9 Å². The SMILES string of the molecule is C[C@@H](C(=O)Nc1ccc(Cl)cn1)N1CCC[C@H](/C(C=[NH2+])=C/N)C1. The van der Waals surface area contributed by atoms with Crippen LogP contribution < -0.4 is 16.5 Å². The minimum atomic E-state index is -0.257. The van der Waals surface area contributed by atoms with Gasteiger partial charge in [0.05, 0.1) is 11.1 Å². The van der Waals surface area contributed by atoms with Crippen LogP contribution >= 0.6 is 11.6 Å². The van der Waals surface area contributed by atoms with Crippen LogP contribution in [0.2, 0.25) is 5.02 Å². The zero-order chi connectivity index (χ0) is 16.8. The molecule has 0 saturated carbocycles. The summed E-state index contributed by atoms with van der Waals surface area (Å²) in [6.07, 6.45) is 6.65. The van der Waals surface area contributed by atoms with Crippen LogP contribution in [-0.4, -0.2) is 41.1 Å². The number of halogens is 1. The number of carbonyl (C=O) groups is 1. The lowest BCUT2D eigenvalue weighted by Crippen LogP contribution is -2.48. The van der Waals surface area contributed by atoms with Crippen molar-refractivity contribution < 1.29 is 10.2 Å². The normalized spacial score (nSPS) is 20.8. The number of hydrogen-bond acceptors (Lipinski definition) is 4. The molecule has 23 heavy (non-hydrogen) atoms. The van der Waals surface area contributed by atoms with Crippen LogP contribution in [0.5, 0.6) is 0 Å². The Hall–Kier alpha value is -1.92. The van der Waals surface area contributed by atoms with Crippen molar-refractivity contribution >= 4 is 29.5 Å². The van der Waals surface area contributed by atoms with Gasteiger partial charge in [-0.25, -0.2) is 4.98 Å². The predicted octanol–water partition coefficient (Wildman–Crippen LogP) is 0.447. The fourth-order valence-corrected chi connectivity index (χ4v) is 2.92. The smallest absolute Gasteiger partial charge is 0.242 e. The van der Waals surface area contributed by atoms with Crippen LogP contribution in [0.1, 0.15) is 19.8 Å². The summed E-state index contributed by atoms with van der Waals surface area (Å²) in [6, 6.07) is 3.12. The van der Waals surface area contributed by atoms with Gasteiger partial charge in [0, 0.05) is 30.4 Å². The molecule has 0 aliphatic carbocycles. The highest BCUT2D eigenvalue weighted by Crippen LogP contribution is 2.23. The Balaban J connectivity index is 1.98. The molecule has 1 aliphatic heterocycles. The number of pyridine rings is 1. The van der Waals surface area contributed by atoms with Crippen molar-refractivity contribution in [2.45, 2.75) is 25.8 Å². The average Bonchev–Trinajstić information content (AvgIpc) is 2.57. The van der Waals surface area contributed by atoms with Gasteiger partial charge < -0.3 is 11.1 Å². The second-order valence-corrected chi connectivity index (χ2v) is 6.13. The number of nitrogens with zero attached hydrogens (tertiary/aromatic N) is 2. The molecule has 0 aromatic carbocycles. The first-order valence-corrected chi connectivity index (χ1v) is 8.06. The summed E-state index contributed by atoms with van der Waals surface area (Å²) in [5.74, 6) is 0.677. The van der Waals surface area contributed by atoms with Crippen molar-refractivity contribution in [2.75, 3.05) is 18.4 Å². The molecule has 2 heterocycles. The van der Waals surface area contributed by atoms with Gasteiger partial charge in [0.1, 0.15) is 5.82 Å². The van der Waals surface area contributed by atoms with Crippen molar-refractivity contribution in [3.63, 3.8) is 0 Å². The maximum atomic E-state index is 12.4. The number of nitrogens with two attached hydrogens (primary N) is 2. The molecule has 124 valence electrons. The first kappa shape index (κ1) is 17.4. The Labute approximate surface area is 141 Å². The number of likely N-dealkylation sites (tertiary alicyclic amines) is 1. The summed E-state index contributed by atoms with van der Waals surface area (Å²) >= 11 is 5.79. The third kappa shape index (κ3) is 4.53. The lowest BCUT2D eigenvalue weighted by atomic mass is 9.90. The topological polar surface area (TPSA) is 96.8 Å². The summed E-state index contributed by atoms with van der Waals surface area (Å²) in [4.78, 5) is 18.6. The van der Waals surface area contributed by atoms with Gasteiger partial charge in [0.15, 0.2) is 6.21 Å². The van der Waals surface area contributed by atoms with Gasteiger partial charge in [-0.2, -0.15) is 0 Å². The molecule has 1 aromatic rings. The fraction of sp³-hybridized carbons (Fsp3) is 0.438. The van der Waals surface area contributed by atoms with Gasteiger partial charge in [0.25, 0.3) is 0 Å². The molecule has 7 heteroatoms. The first-order chi connectivity index (χ1) is 11.0. The Kier molecular flexibility index (Phi) is 6.12. The number of aromatic nitrogens is 1. The molecule has 2 rings (SSSR count). The lowest BCUT2D eigenvalue weighted by Gasteiger charge is -2.35. The van der Waals surface area contributed by atoms with Gasteiger partial charge in [-0.05, 0) is 38.4 Å². The molecule has 0 unspecified atom stereocenters. The number of anilines is 1. The Morgan fingerprint density at radius 3 is 3.00 bits per heavy atom. The number of carbonyl (C=O) groups excluding carboxylic acids is 1. The fourth-order valence-electron chi connectivity index (χ4n) is 2.80. The Morgan fingerprint density at radius 1 is 1.61 bits per heavy atom. The van der Waals surface area contributed by atoms with E-state index in [2.05, 4.69) is 15.2 Å². The van der Waals surface area contributed by atoms with Gasteiger partial charge in [0.2, 0.25) is 5.91 Å². The summed E-state index contributed by atoms with van der Waals surface area (Å²) < 4.78 is 0. The minimum absolute atomic E-state index is 0.0875. The number of piperidine rings is 1. The monoisotopic (exact) mass is 336 g/mol. The highest BCUT2D eigenvalue weighted by Gasteiger charge is 2.29. The van der Waals surface area contributed by atoms with Crippen molar-refractivity contribution in [3.05, 3.63) is 35.1 Å². The number of nitrogens with one attached hydrogen (secondary N) is 1. The Morgan fingerprint density at radius 2 is 2.39 bits per heavy atom. The molecule has 1 aromatic heterocycles. The van der Waals surface area contributed by atoms with E-state index in [0.717, 1.165) is 31.5 Å². The average molecular weight is 337 g/mol. The predicted molar refractivity (Wildman–Crippen MR) is 91.9 cm³/mol. The van der Waals surface area contributed by atoms with Gasteiger partial charge in [-0.1, -0.05) is 11.6 Å². The van der Waals surface area contributed by atoms with Crippen molar-refractivity contribution in [1.82, 2.24) is 9.88 Å². The maximum absolute atomic E-state index is 12.4. The number of amides is 1. The van der Waals surface area contributed by atoms with Gasteiger partial charge in [-0.3, -0.25) is 15.1 Å². The van der Waals surface area contributed by atoms with E-state index in [1.54, 1.807) is 24.5 Å². The second kappa shape index (κ2) is 8.08. The van der Waals surface area contributed by atoms with Crippen molar-refractivity contribution in [2.24, 2.45) is 11.7 Å². The molecular weight excluding hydrogens is 314 g/mol. The van der Waals surface area contributed by atoms with Crippen molar-refractivity contribution in [1.29, 1.82) is 0 Å². The van der Waals surface area contributed by atoms with E-state index in [0.29, 0.717) is 10.8 Å². The largest absolute Gasteiger partial charge is 0.404 e. The van der Waals surface area contributed by atoms with Crippen LogP contribution in [0.4, 0.5) is 5.82 Å². The zero-order valence-electron chi connectivity index (χ0n) is 13.2. The van der Waals surface area contributed by atoms with E-state index in [1.807, 2.05) is 6.92 Å². The molecule has 1 amide bonds. The van der Waals surface area contributed by atoms with Crippen LogP contribution in [0.3, 0.4) is 0 Å². The maximum Gasteiger partial charge on any atom is 0.242 e. The molecule has 0 bridgehead atoms. The summed E-state index contributed by atoms with van der Waals surface area (Å²) in [7, 11) is 0. The van der Waals surface area contributed by atoms with Crippen LogP contribution in [-0.2, 0) is 4.79 Å². The molecule has 1 aliphatic rings. The highest BCUT2D eigenvalue weighted by molar-refractivity contribution is 6.30. The zero-order valence-corrected chi connectivity index (χ0v) is 14.0. The molecular formula is C16H23ClN5O+. The molecule has 0 spiro atoms. The second-order valence-electron chi connectivity index (χ2n) is 5.69. The first-order valence-electron chi connectivity index (χ1n) is 7.68. The van der Waals surface area contributed by atoms with E-state index in [4.69, 9.17) is 22.7 Å². The number of hydrogen-bond donors (Lipinski definition) is 3. The van der Waals surface area contributed by atoms with E-state index in [9.17, 15) is 4.79 Å². The molecule has 1 saturated heterocycles. The van der Waals surface area contributed by atoms with E-state index >= 15 is 0 Å². The van der Waals surface area contributed by atoms with Gasteiger partial charge >= 0.3 is 0 Å².